The normalized spacial score (nSPS) is 13.4. The van der Waals surface area contributed by atoms with E-state index >= 15 is 0 Å². The Morgan fingerprint density at radius 3 is 2.82 bits per heavy atom. The van der Waals surface area contributed by atoms with Gasteiger partial charge in [0.1, 0.15) is 6.04 Å². The fourth-order valence-electron chi connectivity index (χ4n) is 2.23. The zero-order valence-electron chi connectivity index (χ0n) is 12.2. The number of ether oxygens (including phenoxy) is 2. The van der Waals surface area contributed by atoms with Gasteiger partial charge in [-0.1, -0.05) is 0 Å². The summed E-state index contributed by atoms with van der Waals surface area (Å²) in [6, 6.07) is 4.83. The van der Waals surface area contributed by atoms with Gasteiger partial charge in [-0.05, 0) is 19.2 Å². The van der Waals surface area contributed by atoms with E-state index in [1.807, 2.05) is 7.05 Å². The number of carbonyl (C=O) groups is 1. The minimum atomic E-state index is -0.468. The van der Waals surface area contributed by atoms with Crippen LogP contribution in [0, 0.1) is 0 Å². The second kappa shape index (κ2) is 6.67. The molecule has 2 N–H and O–H groups in total. The minimum absolute atomic E-state index is 0. The lowest BCUT2D eigenvalue weighted by molar-refractivity contribution is -0.118. The fourth-order valence-corrected chi connectivity index (χ4v) is 2.23. The molecule has 0 radical (unpaired) electrons. The maximum absolute atomic E-state index is 12.4. The number of hydrogen-bond donors (Lipinski definition) is 2. The van der Waals surface area contributed by atoms with Gasteiger partial charge in [0.2, 0.25) is 12.7 Å². The standard InChI is InChI=1S/C14H16N4O3.ClH/c1-15-13(9-6-16-18(2)7-9)14(19)17-10-3-4-11-12(5-10)21-8-20-11;/h3-7,13,15H,8H2,1-2H3,(H,17,19);1H. The van der Waals surface area contributed by atoms with E-state index < -0.39 is 6.04 Å². The van der Waals surface area contributed by atoms with E-state index in [4.69, 9.17) is 9.47 Å². The molecule has 2 aromatic rings. The lowest BCUT2D eigenvalue weighted by Gasteiger charge is -2.14. The van der Waals surface area contributed by atoms with Gasteiger partial charge in [0.15, 0.2) is 11.5 Å². The highest BCUT2D eigenvalue weighted by Crippen LogP contribution is 2.34. The number of hydrogen-bond acceptors (Lipinski definition) is 5. The van der Waals surface area contributed by atoms with Crippen LogP contribution in [0.5, 0.6) is 11.5 Å². The molecule has 0 aliphatic carbocycles. The summed E-state index contributed by atoms with van der Waals surface area (Å²) in [5, 5.41) is 9.92. The van der Waals surface area contributed by atoms with Crippen molar-refractivity contribution in [3.8, 4) is 11.5 Å². The molecule has 1 aromatic carbocycles. The molecule has 2 heterocycles. The molecule has 118 valence electrons. The Morgan fingerprint density at radius 2 is 2.14 bits per heavy atom. The Bertz CT molecular complexity index is 674. The fraction of sp³-hybridized carbons (Fsp3) is 0.286. The number of aryl methyl sites for hydroxylation is 1. The van der Waals surface area contributed by atoms with Crippen LogP contribution in [0.2, 0.25) is 0 Å². The minimum Gasteiger partial charge on any atom is -0.454 e. The van der Waals surface area contributed by atoms with E-state index in [2.05, 4.69) is 15.7 Å². The van der Waals surface area contributed by atoms with Gasteiger partial charge < -0.3 is 20.1 Å². The first-order valence-corrected chi connectivity index (χ1v) is 6.53. The summed E-state index contributed by atoms with van der Waals surface area (Å²) in [7, 11) is 3.54. The lowest BCUT2D eigenvalue weighted by Crippen LogP contribution is -2.30. The van der Waals surface area contributed by atoms with Crippen molar-refractivity contribution in [2.24, 2.45) is 7.05 Å². The van der Waals surface area contributed by atoms with Crippen LogP contribution in [0.3, 0.4) is 0 Å². The number of rotatable bonds is 4. The van der Waals surface area contributed by atoms with E-state index in [0.29, 0.717) is 17.2 Å². The Balaban J connectivity index is 0.00000176. The third-order valence-electron chi connectivity index (χ3n) is 3.25. The van der Waals surface area contributed by atoms with Gasteiger partial charge >= 0.3 is 0 Å². The number of amides is 1. The van der Waals surface area contributed by atoms with E-state index in [-0.39, 0.29) is 25.1 Å². The zero-order chi connectivity index (χ0) is 14.8. The van der Waals surface area contributed by atoms with Crippen LogP contribution in [-0.4, -0.2) is 29.5 Å². The highest BCUT2D eigenvalue weighted by Gasteiger charge is 2.21. The summed E-state index contributed by atoms with van der Waals surface area (Å²) in [5.41, 5.74) is 1.46. The number of likely N-dealkylation sites (N-methyl/N-ethyl adjacent to an activating group) is 1. The summed E-state index contributed by atoms with van der Waals surface area (Å²) >= 11 is 0. The second-order valence-electron chi connectivity index (χ2n) is 4.73. The van der Waals surface area contributed by atoms with Gasteiger partial charge in [-0.3, -0.25) is 9.48 Å². The van der Waals surface area contributed by atoms with Crippen molar-refractivity contribution in [2.45, 2.75) is 6.04 Å². The number of carbonyl (C=O) groups excluding carboxylic acids is 1. The predicted molar refractivity (Wildman–Crippen MR) is 83.5 cm³/mol. The summed E-state index contributed by atoms with van der Waals surface area (Å²) in [6.45, 7) is 0.210. The molecule has 1 amide bonds. The van der Waals surface area contributed by atoms with Crippen molar-refractivity contribution < 1.29 is 14.3 Å². The van der Waals surface area contributed by atoms with E-state index in [9.17, 15) is 4.79 Å². The van der Waals surface area contributed by atoms with E-state index in [1.165, 1.54) is 0 Å². The van der Waals surface area contributed by atoms with Crippen molar-refractivity contribution >= 4 is 24.0 Å². The van der Waals surface area contributed by atoms with Gasteiger partial charge in [0, 0.05) is 30.6 Å². The molecule has 0 saturated carbocycles. The molecule has 7 nitrogen and oxygen atoms in total. The van der Waals surface area contributed by atoms with Crippen LogP contribution >= 0.6 is 12.4 Å². The number of halogens is 1. The highest BCUT2D eigenvalue weighted by atomic mass is 35.5. The van der Waals surface area contributed by atoms with Gasteiger partial charge in [-0.2, -0.15) is 5.10 Å². The maximum atomic E-state index is 12.4. The molecule has 22 heavy (non-hydrogen) atoms. The zero-order valence-corrected chi connectivity index (χ0v) is 13.0. The van der Waals surface area contributed by atoms with Gasteiger partial charge in [0.25, 0.3) is 0 Å². The van der Waals surface area contributed by atoms with Gasteiger partial charge in [-0.15, -0.1) is 12.4 Å². The van der Waals surface area contributed by atoms with Crippen LogP contribution in [0.25, 0.3) is 0 Å². The summed E-state index contributed by atoms with van der Waals surface area (Å²) in [6.07, 6.45) is 3.47. The maximum Gasteiger partial charge on any atom is 0.246 e. The van der Waals surface area contributed by atoms with Crippen molar-refractivity contribution in [2.75, 3.05) is 19.2 Å². The first-order valence-electron chi connectivity index (χ1n) is 6.53. The van der Waals surface area contributed by atoms with Crippen LogP contribution in [0.15, 0.2) is 30.6 Å². The highest BCUT2D eigenvalue weighted by molar-refractivity contribution is 5.95. The van der Waals surface area contributed by atoms with Crippen molar-refractivity contribution in [3.63, 3.8) is 0 Å². The smallest absolute Gasteiger partial charge is 0.246 e. The van der Waals surface area contributed by atoms with Crippen LogP contribution in [0.1, 0.15) is 11.6 Å². The van der Waals surface area contributed by atoms with E-state index in [1.54, 1.807) is 42.3 Å². The molecule has 3 rings (SSSR count). The number of nitrogens with zero attached hydrogens (tertiary/aromatic N) is 2. The molecule has 8 heteroatoms. The first kappa shape index (κ1) is 16.1. The SMILES string of the molecule is CNC(C(=O)Nc1ccc2c(c1)OCO2)c1cnn(C)c1.Cl. The number of fused-ring (bicyclic) bond motifs is 1. The Labute approximate surface area is 134 Å². The number of aromatic nitrogens is 2. The molecule has 0 fully saturated rings. The monoisotopic (exact) mass is 324 g/mol. The van der Waals surface area contributed by atoms with Gasteiger partial charge in [-0.25, -0.2) is 0 Å². The molecule has 1 aliphatic rings. The van der Waals surface area contributed by atoms with E-state index in [0.717, 1.165) is 5.56 Å². The Hall–Kier alpha value is -2.25. The van der Waals surface area contributed by atoms with Crippen molar-refractivity contribution in [1.29, 1.82) is 0 Å². The number of nitrogens with one attached hydrogen (secondary N) is 2. The largest absolute Gasteiger partial charge is 0.454 e. The quantitative estimate of drug-likeness (QED) is 0.890. The predicted octanol–water partition coefficient (Wildman–Crippen LogP) is 1.47. The molecule has 1 atom stereocenters. The number of benzene rings is 1. The molecule has 0 saturated heterocycles. The van der Waals surface area contributed by atoms with Gasteiger partial charge in [0.05, 0.1) is 6.20 Å². The number of anilines is 1. The van der Waals surface area contributed by atoms with Crippen molar-refractivity contribution in [1.82, 2.24) is 15.1 Å². The average molecular weight is 325 g/mol. The van der Waals surface area contributed by atoms with Crippen LogP contribution in [-0.2, 0) is 11.8 Å². The molecule has 0 spiro atoms. The second-order valence-corrected chi connectivity index (χ2v) is 4.73. The third-order valence-corrected chi connectivity index (χ3v) is 3.25. The molecule has 0 bridgehead atoms. The Kier molecular flexibility index (Phi) is 4.89. The molecular weight excluding hydrogens is 308 g/mol. The first-order chi connectivity index (χ1) is 10.2. The molecule has 1 unspecified atom stereocenters. The lowest BCUT2D eigenvalue weighted by atomic mass is 10.1. The molecular formula is C14H17ClN4O3. The van der Waals surface area contributed by atoms with Crippen LogP contribution in [0.4, 0.5) is 5.69 Å². The summed E-state index contributed by atoms with van der Waals surface area (Å²) in [4.78, 5) is 12.4. The average Bonchev–Trinajstić information content (AvgIpc) is 3.08. The summed E-state index contributed by atoms with van der Waals surface area (Å²) < 4.78 is 12.2. The molecule has 1 aromatic heterocycles. The van der Waals surface area contributed by atoms with Crippen molar-refractivity contribution in [3.05, 3.63) is 36.2 Å². The topological polar surface area (TPSA) is 77.4 Å². The Morgan fingerprint density at radius 1 is 1.36 bits per heavy atom. The molecule has 1 aliphatic heterocycles. The van der Waals surface area contributed by atoms with Crippen LogP contribution < -0.4 is 20.1 Å². The third kappa shape index (κ3) is 3.15. The summed E-state index contributed by atoms with van der Waals surface area (Å²) in [5.74, 6) is 1.16.